The van der Waals surface area contributed by atoms with Crippen LogP contribution in [0.15, 0.2) is 35.9 Å². The number of anilines is 1. The van der Waals surface area contributed by atoms with Gasteiger partial charge in [-0.2, -0.15) is 0 Å². The highest BCUT2D eigenvalue weighted by atomic mass is 35.5. The number of epoxide rings is 1. The molecular formula is C37H52ClN3O10. The molecule has 1 aromatic rings. The van der Waals surface area contributed by atoms with Gasteiger partial charge in [0.1, 0.15) is 40.7 Å². The zero-order valence-electron chi connectivity index (χ0n) is 31.4. The number of carbonyl (C=O) groups is 4. The lowest BCUT2D eigenvalue weighted by Crippen LogP contribution is -2.63. The number of aliphatic hydroxyl groups is 1. The van der Waals surface area contributed by atoms with Gasteiger partial charge in [-0.3, -0.25) is 14.9 Å². The fraction of sp³-hybridized carbons (Fsp3) is 0.622. The van der Waals surface area contributed by atoms with Crippen LogP contribution < -0.4 is 15.0 Å². The second kappa shape index (κ2) is 15.1. The summed E-state index contributed by atoms with van der Waals surface area (Å²) in [6.45, 7) is 12.3. The van der Waals surface area contributed by atoms with Gasteiger partial charge in [-0.1, -0.05) is 63.1 Å². The maximum absolute atomic E-state index is 14.1. The zero-order valence-corrected chi connectivity index (χ0v) is 32.1. The van der Waals surface area contributed by atoms with Crippen molar-refractivity contribution in [2.75, 3.05) is 33.2 Å². The minimum Gasteiger partial charge on any atom is -0.495 e. The highest BCUT2D eigenvalue weighted by Gasteiger charge is 2.64. The first-order chi connectivity index (χ1) is 23.7. The predicted octanol–water partition coefficient (Wildman–Crippen LogP) is 4.56. The second-order valence-corrected chi connectivity index (χ2v) is 15.4. The van der Waals surface area contributed by atoms with E-state index in [2.05, 4.69) is 5.32 Å². The summed E-state index contributed by atoms with van der Waals surface area (Å²) in [5, 5.41) is 14.4. The average molecular weight is 734 g/mol. The summed E-state index contributed by atoms with van der Waals surface area (Å²) in [6, 6.07) is 2.61. The standard InChI is InChI=1S/C37H52ClN3O10/c1-20-13-12-14-27(48-11)37(46)19-26(49-34(45)39-37)21(2)31-36(7,51-31)28(50-32(43)22(3)40(8)33(44)35(4,5)6)18-29(42)41(9)24-16-23(15-20)17-25(47-10)30(24)38/h12-14,16-17,21-22,26-28,31,46H,15,18-19H2,1-11H3,(H,39,45)/b14-12-,20-13+/t21-,22+,26+,27-,28-,31?,36+,37+/m0/s1. The number of amides is 3. The van der Waals surface area contributed by atoms with Gasteiger partial charge in [0.25, 0.3) is 0 Å². The lowest BCUT2D eigenvalue weighted by molar-refractivity contribution is -0.163. The third kappa shape index (κ3) is 8.54. The maximum atomic E-state index is 14.1. The minimum atomic E-state index is -1.82. The molecular weight excluding hydrogens is 682 g/mol. The number of rotatable bonds is 5. The zero-order chi connectivity index (χ0) is 38.2. The molecule has 2 saturated heterocycles. The molecule has 0 saturated carbocycles. The van der Waals surface area contributed by atoms with E-state index >= 15 is 0 Å². The Morgan fingerprint density at radius 2 is 1.88 bits per heavy atom. The summed E-state index contributed by atoms with van der Waals surface area (Å²) in [7, 11) is 6.03. The summed E-state index contributed by atoms with van der Waals surface area (Å²) in [6.07, 6.45) is 0.973. The maximum Gasteiger partial charge on any atom is 0.409 e. The van der Waals surface area contributed by atoms with Gasteiger partial charge in [-0.05, 0) is 44.9 Å². The Bertz CT molecular complexity index is 1590. The highest BCUT2D eigenvalue weighted by molar-refractivity contribution is 6.35. The number of fused-ring (bicyclic) bond motifs is 5. The number of esters is 1. The molecule has 4 rings (SSSR count). The number of nitrogens with one attached hydrogen (secondary N) is 1. The number of likely N-dealkylation sites (N-methyl/N-ethyl adjacent to an activating group) is 1. The number of alkyl carbamates (subject to hydrolysis) is 1. The fourth-order valence-electron chi connectivity index (χ4n) is 6.71. The van der Waals surface area contributed by atoms with E-state index in [0.717, 1.165) is 11.1 Å². The average Bonchev–Trinajstić information content (AvgIpc) is 3.75. The van der Waals surface area contributed by atoms with Crippen molar-refractivity contribution in [2.45, 2.75) is 110 Å². The second-order valence-electron chi connectivity index (χ2n) is 15.1. The van der Waals surface area contributed by atoms with Gasteiger partial charge >= 0.3 is 12.1 Å². The lowest BCUT2D eigenvalue weighted by atomic mass is 9.83. The van der Waals surface area contributed by atoms with E-state index in [9.17, 15) is 24.3 Å². The van der Waals surface area contributed by atoms with Crippen molar-refractivity contribution < 1.29 is 48.0 Å². The van der Waals surface area contributed by atoms with Crippen molar-refractivity contribution in [1.29, 1.82) is 0 Å². The molecule has 13 nitrogen and oxygen atoms in total. The summed E-state index contributed by atoms with van der Waals surface area (Å²) < 4.78 is 29.2. The molecule has 282 valence electrons. The number of ether oxygens (including phenoxy) is 5. The normalized spacial score (nSPS) is 32.3. The molecule has 4 bridgehead atoms. The van der Waals surface area contributed by atoms with Gasteiger partial charge in [-0.25, -0.2) is 9.59 Å². The summed E-state index contributed by atoms with van der Waals surface area (Å²) in [5.41, 5.74) is -1.64. The van der Waals surface area contributed by atoms with Crippen LogP contribution in [-0.4, -0.2) is 104 Å². The summed E-state index contributed by atoms with van der Waals surface area (Å²) >= 11 is 6.75. The summed E-state index contributed by atoms with van der Waals surface area (Å²) in [4.78, 5) is 56.3. The molecule has 3 amide bonds. The molecule has 3 aliphatic heterocycles. The number of carbonyl (C=O) groups excluding carboxylic acids is 4. The number of nitrogens with zero attached hydrogens (tertiary/aromatic N) is 2. The van der Waals surface area contributed by atoms with E-state index in [1.54, 1.807) is 72.9 Å². The fourth-order valence-corrected chi connectivity index (χ4v) is 7.02. The first-order valence-electron chi connectivity index (χ1n) is 17.0. The Kier molecular flexibility index (Phi) is 11.9. The van der Waals surface area contributed by atoms with Crippen molar-refractivity contribution in [2.24, 2.45) is 11.3 Å². The van der Waals surface area contributed by atoms with Crippen LogP contribution in [-0.2, 0) is 39.8 Å². The van der Waals surface area contributed by atoms with Crippen molar-refractivity contribution in [3.05, 3.63) is 46.5 Å². The number of halogens is 1. The number of allylic oxidation sites excluding steroid dienone is 3. The van der Waals surface area contributed by atoms with Crippen molar-refractivity contribution in [3.8, 4) is 5.75 Å². The molecule has 51 heavy (non-hydrogen) atoms. The van der Waals surface area contributed by atoms with Gasteiger partial charge in [-0.15, -0.1) is 0 Å². The van der Waals surface area contributed by atoms with Crippen LogP contribution in [0.3, 0.4) is 0 Å². The SMILES string of the molecule is COc1cc2cc(c1Cl)N(C)C(=O)C[C@H](OC(=O)[C@@H](C)N(C)C(=O)C(C)(C)C)[C@@]1(C)OC1[C@@H](C)[C@H]1C[C@](O)(NC(=O)O1)[C@@H](OC)/C=C\C=C(/C)C2. The quantitative estimate of drug-likeness (QED) is 0.325. The molecule has 0 aromatic heterocycles. The topological polar surface area (TPSA) is 156 Å². The van der Waals surface area contributed by atoms with Crippen LogP contribution in [0.25, 0.3) is 0 Å². The first kappa shape index (κ1) is 40.1. The van der Waals surface area contributed by atoms with Gasteiger partial charge < -0.3 is 38.6 Å². The Hall–Kier alpha value is -3.65. The molecule has 3 heterocycles. The minimum absolute atomic E-state index is 0.0472. The Balaban J connectivity index is 1.78. The lowest BCUT2D eigenvalue weighted by Gasteiger charge is -2.42. The van der Waals surface area contributed by atoms with Crippen LogP contribution >= 0.6 is 11.6 Å². The number of hydrogen-bond donors (Lipinski definition) is 2. The third-order valence-electron chi connectivity index (χ3n) is 10.1. The predicted molar refractivity (Wildman–Crippen MR) is 190 cm³/mol. The first-order valence-corrected chi connectivity index (χ1v) is 17.4. The van der Waals surface area contributed by atoms with Gasteiger partial charge in [0.2, 0.25) is 11.8 Å². The molecule has 3 aliphatic rings. The third-order valence-corrected chi connectivity index (χ3v) is 10.5. The molecule has 2 N–H and O–H groups in total. The van der Waals surface area contributed by atoms with Gasteiger partial charge in [0, 0.05) is 39.0 Å². The van der Waals surface area contributed by atoms with Crippen molar-refractivity contribution in [3.63, 3.8) is 0 Å². The molecule has 1 aromatic carbocycles. The van der Waals surface area contributed by atoms with E-state index in [4.69, 9.17) is 35.3 Å². The van der Waals surface area contributed by atoms with Gasteiger partial charge in [0.05, 0.1) is 25.3 Å². The number of benzene rings is 1. The largest absolute Gasteiger partial charge is 0.495 e. The van der Waals surface area contributed by atoms with Crippen LogP contribution in [0, 0.1) is 11.3 Å². The molecule has 0 spiro atoms. The molecule has 2 fully saturated rings. The smallest absolute Gasteiger partial charge is 0.409 e. The van der Waals surface area contributed by atoms with Crippen LogP contribution in [0.2, 0.25) is 5.02 Å². The van der Waals surface area contributed by atoms with Crippen molar-refractivity contribution in [1.82, 2.24) is 10.2 Å². The summed E-state index contributed by atoms with van der Waals surface area (Å²) in [5.74, 6) is -1.56. The van der Waals surface area contributed by atoms with E-state index in [-0.39, 0.29) is 23.8 Å². The van der Waals surface area contributed by atoms with Gasteiger partial charge in [0.15, 0.2) is 5.72 Å². The van der Waals surface area contributed by atoms with Crippen LogP contribution in [0.5, 0.6) is 5.75 Å². The molecule has 8 atom stereocenters. The molecule has 0 aliphatic carbocycles. The molecule has 0 radical (unpaired) electrons. The number of hydrogen-bond acceptors (Lipinski definition) is 10. The van der Waals surface area contributed by atoms with Crippen LogP contribution in [0.4, 0.5) is 10.5 Å². The monoisotopic (exact) mass is 733 g/mol. The Morgan fingerprint density at radius 3 is 2.49 bits per heavy atom. The highest BCUT2D eigenvalue weighted by Crippen LogP contribution is 2.49. The molecule has 1 unspecified atom stereocenters. The van der Waals surface area contributed by atoms with E-state index in [0.29, 0.717) is 17.9 Å². The van der Waals surface area contributed by atoms with E-state index in [1.807, 2.05) is 13.0 Å². The van der Waals surface area contributed by atoms with Crippen LogP contribution in [0.1, 0.15) is 66.9 Å². The Labute approximate surface area is 305 Å². The molecule has 14 heteroatoms. The Morgan fingerprint density at radius 1 is 1.22 bits per heavy atom. The van der Waals surface area contributed by atoms with Crippen molar-refractivity contribution >= 4 is 41.2 Å². The van der Waals surface area contributed by atoms with E-state index in [1.165, 1.54) is 31.1 Å². The van der Waals surface area contributed by atoms with E-state index < -0.39 is 71.1 Å². The number of methoxy groups -OCH3 is 2.